The molecule has 1 aromatic rings. The van der Waals surface area contributed by atoms with Crippen molar-refractivity contribution in [3.8, 4) is 0 Å². The van der Waals surface area contributed by atoms with E-state index in [9.17, 15) is 4.79 Å². The van der Waals surface area contributed by atoms with Crippen molar-refractivity contribution in [1.82, 2.24) is 10.6 Å². The number of rotatable bonds is 4. The maximum atomic E-state index is 12.2. The summed E-state index contributed by atoms with van der Waals surface area (Å²) in [7, 11) is 0. The molecule has 3 nitrogen and oxygen atoms in total. The first-order valence-electron chi connectivity index (χ1n) is 8.86. The molecule has 1 aliphatic carbocycles. The topological polar surface area (TPSA) is 41.1 Å². The van der Waals surface area contributed by atoms with Crippen molar-refractivity contribution in [2.75, 3.05) is 13.1 Å². The molecule has 1 heterocycles. The number of carbonyl (C=O) groups is 1. The molecule has 128 valence electrons. The van der Waals surface area contributed by atoms with Gasteiger partial charge in [-0.1, -0.05) is 30.3 Å². The second kappa shape index (κ2) is 9.29. The molecule has 1 aromatic carbocycles. The van der Waals surface area contributed by atoms with Crippen LogP contribution >= 0.6 is 12.4 Å². The van der Waals surface area contributed by atoms with Crippen LogP contribution in [0.15, 0.2) is 30.3 Å². The van der Waals surface area contributed by atoms with Gasteiger partial charge in [-0.15, -0.1) is 12.4 Å². The first-order valence-corrected chi connectivity index (χ1v) is 8.86. The zero-order chi connectivity index (χ0) is 15.2. The maximum Gasteiger partial charge on any atom is 0.220 e. The lowest BCUT2D eigenvalue weighted by molar-refractivity contribution is -0.123. The molecule has 2 N–H and O–H groups in total. The molecule has 1 saturated heterocycles. The van der Waals surface area contributed by atoms with Crippen LogP contribution in [0.2, 0.25) is 0 Å². The Hall–Kier alpha value is -1.06. The van der Waals surface area contributed by atoms with Gasteiger partial charge in [0.2, 0.25) is 5.91 Å². The fraction of sp³-hybridized carbons (Fsp3) is 0.632. The van der Waals surface area contributed by atoms with Gasteiger partial charge in [0.05, 0.1) is 0 Å². The Morgan fingerprint density at radius 3 is 2.30 bits per heavy atom. The largest absolute Gasteiger partial charge is 0.353 e. The molecule has 4 heteroatoms. The van der Waals surface area contributed by atoms with Crippen LogP contribution in [0.3, 0.4) is 0 Å². The van der Waals surface area contributed by atoms with Gasteiger partial charge < -0.3 is 10.6 Å². The lowest BCUT2D eigenvalue weighted by atomic mass is 9.77. The molecule has 0 unspecified atom stereocenters. The summed E-state index contributed by atoms with van der Waals surface area (Å²) in [5.74, 6) is 1.56. The minimum absolute atomic E-state index is 0. The Morgan fingerprint density at radius 2 is 1.65 bits per heavy atom. The molecular weight excluding hydrogens is 308 g/mol. The molecule has 1 aliphatic heterocycles. The van der Waals surface area contributed by atoms with Crippen LogP contribution in [-0.2, 0) is 4.79 Å². The monoisotopic (exact) mass is 336 g/mol. The molecule has 2 aliphatic rings. The number of amides is 1. The highest BCUT2D eigenvalue weighted by Gasteiger charge is 2.25. The highest BCUT2D eigenvalue weighted by Crippen LogP contribution is 2.36. The summed E-state index contributed by atoms with van der Waals surface area (Å²) in [5, 5.41) is 6.57. The number of piperidine rings is 1. The van der Waals surface area contributed by atoms with E-state index < -0.39 is 0 Å². The Labute approximate surface area is 146 Å². The number of hydrogen-bond donors (Lipinski definition) is 2. The van der Waals surface area contributed by atoms with Crippen LogP contribution in [0.25, 0.3) is 0 Å². The second-order valence-electron chi connectivity index (χ2n) is 6.92. The van der Waals surface area contributed by atoms with E-state index in [1.54, 1.807) is 0 Å². The van der Waals surface area contributed by atoms with Gasteiger partial charge in [0.25, 0.3) is 0 Å². The van der Waals surface area contributed by atoms with Gasteiger partial charge in [-0.05, 0) is 69.0 Å². The average molecular weight is 337 g/mol. The molecule has 0 aromatic heterocycles. The van der Waals surface area contributed by atoms with Crippen molar-refractivity contribution < 1.29 is 4.79 Å². The van der Waals surface area contributed by atoms with Gasteiger partial charge >= 0.3 is 0 Å². The summed E-state index contributed by atoms with van der Waals surface area (Å²) in [6, 6.07) is 11.2. The lowest BCUT2D eigenvalue weighted by Crippen LogP contribution is -2.43. The zero-order valence-electron chi connectivity index (χ0n) is 13.8. The summed E-state index contributed by atoms with van der Waals surface area (Å²) in [6.07, 6.45) is 7.73. The lowest BCUT2D eigenvalue weighted by Gasteiger charge is -2.29. The fourth-order valence-corrected chi connectivity index (χ4v) is 3.94. The number of carbonyl (C=O) groups excluding carboxylic acids is 1. The molecule has 1 saturated carbocycles. The van der Waals surface area contributed by atoms with E-state index in [0.717, 1.165) is 32.4 Å². The molecule has 2 fully saturated rings. The van der Waals surface area contributed by atoms with E-state index in [2.05, 4.69) is 41.0 Å². The normalized spacial score (nSPS) is 25.4. The van der Waals surface area contributed by atoms with E-state index in [1.807, 2.05) is 0 Å². The highest BCUT2D eigenvalue weighted by molar-refractivity contribution is 5.85. The molecule has 0 spiro atoms. The summed E-state index contributed by atoms with van der Waals surface area (Å²) < 4.78 is 0. The Kier molecular flexibility index (Phi) is 7.38. The van der Waals surface area contributed by atoms with Crippen molar-refractivity contribution in [1.29, 1.82) is 0 Å². The van der Waals surface area contributed by atoms with Crippen molar-refractivity contribution in [2.45, 2.75) is 56.9 Å². The van der Waals surface area contributed by atoms with E-state index in [-0.39, 0.29) is 18.3 Å². The first kappa shape index (κ1) is 18.3. The van der Waals surface area contributed by atoms with Gasteiger partial charge in [-0.2, -0.15) is 0 Å². The number of hydrogen-bond acceptors (Lipinski definition) is 2. The summed E-state index contributed by atoms with van der Waals surface area (Å²) in [4.78, 5) is 12.2. The van der Waals surface area contributed by atoms with Crippen molar-refractivity contribution in [2.24, 2.45) is 5.92 Å². The molecule has 23 heavy (non-hydrogen) atoms. The molecule has 0 atom stereocenters. The van der Waals surface area contributed by atoms with Crippen LogP contribution < -0.4 is 10.6 Å². The van der Waals surface area contributed by atoms with Crippen LogP contribution in [0.5, 0.6) is 0 Å². The van der Waals surface area contributed by atoms with Crippen LogP contribution in [0, 0.1) is 5.92 Å². The average Bonchev–Trinajstić information content (AvgIpc) is 2.57. The first-order chi connectivity index (χ1) is 10.8. The number of halogens is 1. The number of benzene rings is 1. The molecule has 1 amide bonds. The third-order valence-electron chi connectivity index (χ3n) is 5.30. The van der Waals surface area contributed by atoms with E-state index in [0.29, 0.717) is 17.9 Å². The number of nitrogens with one attached hydrogen (secondary N) is 2. The van der Waals surface area contributed by atoms with Crippen molar-refractivity contribution in [3.05, 3.63) is 35.9 Å². The third-order valence-corrected chi connectivity index (χ3v) is 5.30. The van der Waals surface area contributed by atoms with Gasteiger partial charge in [0.1, 0.15) is 0 Å². The SMILES string of the molecule is Cl.O=C(CC1CCC(c2ccccc2)CC1)NC1CCNCC1. The molecule has 0 radical (unpaired) electrons. The van der Waals surface area contributed by atoms with E-state index in [4.69, 9.17) is 0 Å². The van der Waals surface area contributed by atoms with Crippen molar-refractivity contribution >= 4 is 18.3 Å². The minimum Gasteiger partial charge on any atom is -0.353 e. The van der Waals surface area contributed by atoms with Crippen molar-refractivity contribution in [3.63, 3.8) is 0 Å². The van der Waals surface area contributed by atoms with E-state index in [1.165, 1.54) is 31.2 Å². The fourth-order valence-electron chi connectivity index (χ4n) is 3.94. The van der Waals surface area contributed by atoms with Gasteiger partial charge in [0.15, 0.2) is 0 Å². The van der Waals surface area contributed by atoms with Gasteiger partial charge in [-0.3, -0.25) is 4.79 Å². The minimum atomic E-state index is 0. The molecular formula is C19H29ClN2O. The quantitative estimate of drug-likeness (QED) is 0.881. The van der Waals surface area contributed by atoms with Crippen LogP contribution in [0.4, 0.5) is 0 Å². The van der Waals surface area contributed by atoms with Gasteiger partial charge in [-0.25, -0.2) is 0 Å². The molecule has 0 bridgehead atoms. The Bertz CT molecular complexity index is 466. The summed E-state index contributed by atoms with van der Waals surface area (Å²) in [6.45, 7) is 2.07. The molecule has 3 rings (SSSR count). The zero-order valence-corrected chi connectivity index (χ0v) is 14.6. The summed E-state index contributed by atoms with van der Waals surface area (Å²) >= 11 is 0. The van der Waals surface area contributed by atoms with Gasteiger partial charge in [0, 0.05) is 12.5 Å². The predicted octanol–water partition coefficient (Wildman–Crippen LogP) is 3.64. The van der Waals surface area contributed by atoms with Crippen LogP contribution in [-0.4, -0.2) is 25.0 Å². The standard InChI is InChI=1S/C19H28N2O.ClH/c22-19(21-18-10-12-20-13-11-18)14-15-6-8-17(9-7-15)16-4-2-1-3-5-16;/h1-5,15,17-18,20H,6-14H2,(H,21,22);1H. The van der Waals surface area contributed by atoms with Crippen LogP contribution in [0.1, 0.15) is 56.4 Å². The van der Waals surface area contributed by atoms with E-state index >= 15 is 0 Å². The third kappa shape index (κ3) is 5.50. The highest BCUT2D eigenvalue weighted by atomic mass is 35.5. The smallest absolute Gasteiger partial charge is 0.220 e. The maximum absolute atomic E-state index is 12.2. The second-order valence-corrected chi connectivity index (χ2v) is 6.92. The predicted molar refractivity (Wildman–Crippen MR) is 97.0 cm³/mol. The summed E-state index contributed by atoms with van der Waals surface area (Å²) in [5.41, 5.74) is 1.47. The Morgan fingerprint density at radius 1 is 1.00 bits per heavy atom. The Balaban J connectivity index is 0.00000192.